The number of rotatable bonds is 1. The fraction of sp³-hybridized carbons (Fsp3) is 0.375. The van der Waals surface area contributed by atoms with Gasteiger partial charge in [-0.1, -0.05) is 5.92 Å². The number of hydrogen-bond donors (Lipinski definition) is 1. The van der Waals surface area contributed by atoms with E-state index in [-0.39, 0.29) is 0 Å². The molecule has 3 rings (SSSR count). The highest BCUT2D eigenvalue weighted by atomic mass is 32.1. The Hall–Kier alpha value is -2.67. The van der Waals surface area contributed by atoms with Crippen LogP contribution in [0, 0.1) is 18.8 Å². The summed E-state index contributed by atoms with van der Waals surface area (Å²) >= 11 is 1.61. The van der Waals surface area contributed by atoms with Crippen molar-refractivity contribution in [3.05, 3.63) is 34.0 Å². The van der Waals surface area contributed by atoms with Crippen molar-refractivity contribution in [3.8, 4) is 11.8 Å². The van der Waals surface area contributed by atoms with Crippen molar-refractivity contribution in [2.24, 2.45) is 0 Å². The Balaban J connectivity index is 0.000000298. The highest BCUT2D eigenvalue weighted by Crippen LogP contribution is 2.15. The molecule has 10 heteroatoms. The van der Waals surface area contributed by atoms with E-state index in [2.05, 4.69) is 31.7 Å². The predicted molar refractivity (Wildman–Crippen MR) is 90.0 cm³/mol. The molecule has 138 valence electrons. The maximum atomic E-state index is 10.6. The molecule has 0 amide bonds. The number of carboxylic acid groups (broad SMARTS) is 1. The van der Waals surface area contributed by atoms with Gasteiger partial charge in [-0.15, -0.1) is 11.3 Å². The van der Waals surface area contributed by atoms with E-state index in [1.165, 1.54) is 12.8 Å². The number of alkyl halides is 3. The van der Waals surface area contributed by atoms with E-state index < -0.39 is 12.1 Å². The molecule has 1 aliphatic rings. The molecule has 0 spiro atoms. The van der Waals surface area contributed by atoms with Crippen LogP contribution in [-0.2, 0) is 4.79 Å². The monoisotopic (exact) mass is 384 g/mol. The lowest BCUT2D eigenvalue weighted by Gasteiger charge is -2.13. The van der Waals surface area contributed by atoms with Gasteiger partial charge in [0.05, 0.1) is 10.6 Å². The molecule has 2 aromatic rings. The van der Waals surface area contributed by atoms with Crippen LogP contribution in [0.25, 0.3) is 0 Å². The van der Waals surface area contributed by atoms with Crippen molar-refractivity contribution >= 4 is 23.3 Å². The standard InChI is InChI=1S/C14H14N4S.C2HF3O2/c1-11-17-13(10-19-11)5-4-12-8-15-14(16-9-12)18-6-2-3-7-18;3-2(4,5)1(6)7/h8-10H,2-3,6-7H2,1H3;(H,6,7). The number of aliphatic carboxylic acids is 1. The van der Waals surface area contributed by atoms with Crippen molar-refractivity contribution in [2.75, 3.05) is 18.0 Å². The van der Waals surface area contributed by atoms with Crippen molar-refractivity contribution in [1.82, 2.24) is 15.0 Å². The van der Waals surface area contributed by atoms with Gasteiger partial charge in [0.15, 0.2) is 0 Å². The molecule has 1 aliphatic heterocycles. The van der Waals surface area contributed by atoms with Crippen LogP contribution in [0.3, 0.4) is 0 Å². The zero-order valence-electron chi connectivity index (χ0n) is 13.7. The van der Waals surface area contributed by atoms with Crippen LogP contribution in [0.1, 0.15) is 29.1 Å². The molecule has 0 bridgehead atoms. The lowest BCUT2D eigenvalue weighted by atomic mass is 10.3. The zero-order chi connectivity index (χ0) is 19.2. The molecule has 0 aromatic carbocycles. The minimum Gasteiger partial charge on any atom is -0.475 e. The summed E-state index contributed by atoms with van der Waals surface area (Å²) < 4.78 is 31.7. The maximum Gasteiger partial charge on any atom is 0.490 e. The number of thiazole rings is 1. The number of hydrogen-bond acceptors (Lipinski definition) is 6. The molecule has 1 fully saturated rings. The van der Waals surface area contributed by atoms with Gasteiger partial charge in [-0.2, -0.15) is 13.2 Å². The minimum atomic E-state index is -5.08. The Morgan fingerprint density at radius 3 is 2.27 bits per heavy atom. The maximum absolute atomic E-state index is 10.6. The number of halogens is 3. The average molecular weight is 384 g/mol. The molecule has 0 unspecified atom stereocenters. The van der Waals surface area contributed by atoms with Gasteiger partial charge in [0.1, 0.15) is 5.69 Å². The van der Waals surface area contributed by atoms with Crippen LogP contribution in [0.4, 0.5) is 19.1 Å². The first-order valence-electron chi connectivity index (χ1n) is 7.57. The van der Waals surface area contributed by atoms with Gasteiger partial charge < -0.3 is 10.0 Å². The Labute approximate surface area is 151 Å². The van der Waals surface area contributed by atoms with Crippen molar-refractivity contribution < 1.29 is 23.1 Å². The summed E-state index contributed by atoms with van der Waals surface area (Å²) in [5, 5.41) is 10.1. The molecule has 26 heavy (non-hydrogen) atoms. The van der Waals surface area contributed by atoms with Gasteiger partial charge in [-0.25, -0.2) is 19.7 Å². The van der Waals surface area contributed by atoms with Crippen LogP contribution in [0.5, 0.6) is 0 Å². The van der Waals surface area contributed by atoms with E-state index in [0.717, 1.165) is 35.3 Å². The number of anilines is 1. The van der Waals surface area contributed by atoms with E-state index in [9.17, 15) is 13.2 Å². The third-order valence-corrected chi connectivity index (χ3v) is 4.00. The largest absolute Gasteiger partial charge is 0.490 e. The van der Waals surface area contributed by atoms with Crippen molar-refractivity contribution in [2.45, 2.75) is 25.9 Å². The predicted octanol–water partition coefficient (Wildman–Crippen LogP) is 2.87. The number of carboxylic acids is 1. The molecular weight excluding hydrogens is 369 g/mol. The topological polar surface area (TPSA) is 79.2 Å². The van der Waals surface area contributed by atoms with E-state index >= 15 is 0 Å². The minimum absolute atomic E-state index is 0.811. The molecule has 1 N–H and O–H groups in total. The second-order valence-corrected chi connectivity index (χ2v) is 6.33. The first kappa shape index (κ1) is 19.7. The Bertz CT molecular complexity index is 803. The molecule has 1 saturated heterocycles. The molecule has 2 aromatic heterocycles. The SMILES string of the molecule is Cc1nc(C#Cc2cnc(N3CCCC3)nc2)cs1.O=C(O)C(F)(F)F. The Morgan fingerprint density at radius 1 is 1.23 bits per heavy atom. The average Bonchev–Trinajstić information content (AvgIpc) is 3.25. The molecule has 0 saturated carbocycles. The summed E-state index contributed by atoms with van der Waals surface area (Å²) in [5.74, 6) is 4.12. The van der Waals surface area contributed by atoms with E-state index in [4.69, 9.17) is 9.90 Å². The highest BCUT2D eigenvalue weighted by molar-refractivity contribution is 7.09. The second kappa shape index (κ2) is 8.62. The van der Waals surface area contributed by atoms with Gasteiger partial charge in [0, 0.05) is 30.9 Å². The molecule has 6 nitrogen and oxygen atoms in total. The summed E-state index contributed by atoms with van der Waals surface area (Å²) in [7, 11) is 0. The third-order valence-electron chi connectivity index (χ3n) is 3.22. The van der Waals surface area contributed by atoms with Crippen LogP contribution < -0.4 is 4.90 Å². The molecule has 3 heterocycles. The van der Waals surface area contributed by atoms with Gasteiger partial charge in [0.2, 0.25) is 5.95 Å². The molecule has 0 atom stereocenters. The highest BCUT2D eigenvalue weighted by Gasteiger charge is 2.38. The lowest BCUT2D eigenvalue weighted by Crippen LogP contribution is -2.21. The number of nitrogens with zero attached hydrogens (tertiary/aromatic N) is 4. The van der Waals surface area contributed by atoms with Crippen LogP contribution in [0.2, 0.25) is 0 Å². The summed E-state index contributed by atoms with van der Waals surface area (Å²) in [5.41, 5.74) is 1.64. The van der Waals surface area contributed by atoms with E-state index in [0.29, 0.717) is 0 Å². The normalized spacial score (nSPS) is 13.5. The fourth-order valence-corrected chi connectivity index (χ4v) is 2.57. The number of carbonyl (C=O) groups is 1. The summed E-state index contributed by atoms with van der Waals surface area (Å²) in [6.45, 7) is 4.09. The van der Waals surface area contributed by atoms with Crippen molar-refractivity contribution in [1.29, 1.82) is 0 Å². The van der Waals surface area contributed by atoms with Gasteiger partial charge >= 0.3 is 12.1 Å². The zero-order valence-corrected chi connectivity index (χ0v) is 14.6. The Kier molecular flexibility index (Phi) is 6.52. The quantitative estimate of drug-likeness (QED) is 0.762. The van der Waals surface area contributed by atoms with Gasteiger partial charge in [0.25, 0.3) is 0 Å². The van der Waals surface area contributed by atoms with Gasteiger partial charge in [-0.3, -0.25) is 0 Å². The lowest BCUT2D eigenvalue weighted by molar-refractivity contribution is -0.192. The summed E-state index contributed by atoms with van der Waals surface area (Å²) in [6.07, 6.45) is 0.946. The summed E-state index contributed by atoms with van der Waals surface area (Å²) in [6, 6.07) is 0. The fourth-order valence-electron chi connectivity index (χ4n) is 2.02. The van der Waals surface area contributed by atoms with Crippen molar-refractivity contribution in [3.63, 3.8) is 0 Å². The van der Waals surface area contributed by atoms with Crippen LogP contribution in [0.15, 0.2) is 17.8 Å². The third kappa shape index (κ3) is 6.00. The molecule has 0 radical (unpaired) electrons. The molecule has 0 aliphatic carbocycles. The number of aromatic nitrogens is 3. The van der Waals surface area contributed by atoms with E-state index in [1.54, 1.807) is 23.7 Å². The second-order valence-electron chi connectivity index (χ2n) is 5.27. The first-order valence-corrected chi connectivity index (χ1v) is 8.45. The summed E-state index contributed by atoms with van der Waals surface area (Å²) in [4.78, 5) is 24.2. The van der Waals surface area contributed by atoms with Crippen LogP contribution in [-0.4, -0.2) is 45.3 Å². The number of aryl methyl sites for hydroxylation is 1. The van der Waals surface area contributed by atoms with E-state index in [1.807, 2.05) is 12.3 Å². The Morgan fingerprint density at radius 2 is 1.81 bits per heavy atom. The van der Waals surface area contributed by atoms with Gasteiger partial charge in [-0.05, 0) is 25.7 Å². The smallest absolute Gasteiger partial charge is 0.475 e. The first-order chi connectivity index (χ1) is 12.3. The molecular formula is C16H15F3N4O2S. The van der Waals surface area contributed by atoms with Crippen LogP contribution >= 0.6 is 11.3 Å².